The van der Waals surface area contributed by atoms with Crippen LogP contribution in [0, 0.1) is 40.4 Å². The zero-order valence-electron chi connectivity index (χ0n) is 31.7. The molecule has 3 fully saturated rings. The first-order valence-electron chi connectivity index (χ1n) is 18.8. The Morgan fingerprint density at radius 1 is 0.745 bits per heavy atom. The highest BCUT2D eigenvalue weighted by Crippen LogP contribution is 2.62. The lowest BCUT2D eigenvalue weighted by Crippen LogP contribution is -2.67. The molecule has 3 saturated carbocycles. The third kappa shape index (κ3) is 6.69. The summed E-state index contributed by atoms with van der Waals surface area (Å²) < 4.78 is 14.8. The van der Waals surface area contributed by atoms with E-state index in [0.29, 0.717) is 29.5 Å². The van der Waals surface area contributed by atoms with E-state index in [9.17, 15) is 4.79 Å². The van der Waals surface area contributed by atoms with Crippen LogP contribution in [-0.4, -0.2) is 35.6 Å². The van der Waals surface area contributed by atoms with Gasteiger partial charge in [0.05, 0.1) is 0 Å². The zero-order chi connectivity index (χ0) is 34.5. The van der Waals surface area contributed by atoms with E-state index < -0.39 is 16.6 Å². The fourth-order valence-electron chi connectivity index (χ4n) is 10.00. The highest BCUT2D eigenvalue weighted by molar-refractivity contribution is 6.99. The van der Waals surface area contributed by atoms with E-state index in [1.807, 2.05) is 0 Å². The molecule has 5 rings (SSSR count). The molecule has 0 N–H and O–H groups in total. The third-order valence-electron chi connectivity index (χ3n) is 14.1. The van der Waals surface area contributed by atoms with Crippen LogP contribution in [0.15, 0.2) is 60.7 Å². The maximum absolute atomic E-state index is 13.6. The molecule has 3 aliphatic carbocycles. The van der Waals surface area contributed by atoms with Gasteiger partial charge in [0.1, 0.15) is 5.78 Å². The molecule has 2 aromatic carbocycles. The van der Waals surface area contributed by atoms with Gasteiger partial charge >= 0.3 is 0 Å². The average molecular weight is 675 g/mol. The molecule has 0 heterocycles. The number of fused-ring (bicyclic) bond motifs is 1. The van der Waals surface area contributed by atoms with Gasteiger partial charge in [-0.3, -0.25) is 4.79 Å². The third-order valence-corrected chi connectivity index (χ3v) is 23.7. The van der Waals surface area contributed by atoms with Gasteiger partial charge in [-0.1, -0.05) is 129 Å². The van der Waals surface area contributed by atoms with Crippen LogP contribution in [0.4, 0.5) is 0 Å². The lowest BCUT2D eigenvalue weighted by Gasteiger charge is -2.57. The van der Waals surface area contributed by atoms with Gasteiger partial charge in [-0.25, -0.2) is 0 Å². The van der Waals surface area contributed by atoms with Gasteiger partial charge in [0, 0.05) is 25.0 Å². The monoisotopic (exact) mass is 674 g/mol. The second kappa shape index (κ2) is 13.3. The van der Waals surface area contributed by atoms with E-state index in [1.54, 1.807) is 0 Å². The number of hydrogen-bond acceptors (Lipinski definition) is 3. The van der Waals surface area contributed by atoms with Crippen LogP contribution in [0.5, 0.6) is 0 Å². The molecular formula is C42H66O3Si2. The summed E-state index contributed by atoms with van der Waals surface area (Å²) in [5.41, 5.74) is -0.0528. The molecule has 0 unspecified atom stereocenters. The van der Waals surface area contributed by atoms with Crippen molar-refractivity contribution in [2.45, 2.75) is 130 Å². The normalized spacial score (nSPS) is 32.3. The Balaban J connectivity index is 1.56. The summed E-state index contributed by atoms with van der Waals surface area (Å²) in [5, 5.41) is 2.81. The number of carbonyl (C=O) groups is 1. The van der Waals surface area contributed by atoms with Crippen molar-refractivity contribution in [2.24, 2.45) is 40.4 Å². The lowest BCUT2D eigenvalue weighted by molar-refractivity contribution is -0.136. The van der Waals surface area contributed by atoms with Gasteiger partial charge in [-0.2, -0.15) is 0 Å². The first-order chi connectivity index (χ1) is 21.9. The minimum atomic E-state index is -2.72. The Morgan fingerprint density at radius 2 is 1.32 bits per heavy atom. The molecule has 3 nitrogen and oxygen atoms in total. The van der Waals surface area contributed by atoms with E-state index >= 15 is 0 Å². The van der Waals surface area contributed by atoms with Gasteiger partial charge in [0.2, 0.25) is 0 Å². The van der Waals surface area contributed by atoms with Crippen LogP contribution in [-0.2, 0) is 13.6 Å². The maximum Gasteiger partial charge on any atom is 0.261 e. The van der Waals surface area contributed by atoms with Gasteiger partial charge in [-0.05, 0) is 101 Å². The molecule has 0 aliphatic heterocycles. The van der Waals surface area contributed by atoms with Crippen LogP contribution in [0.1, 0.15) is 107 Å². The minimum Gasteiger partial charge on any atom is -0.417 e. The summed E-state index contributed by atoms with van der Waals surface area (Å²) in [5.74, 6) is 3.01. The lowest BCUT2D eigenvalue weighted by atomic mass is 9.49. The van der Waals surface area contributed by atoms with Crippen LogP contribution >= 0.6 is 0 Å². The van der Waals surface area contributed by atoms with Crippen molar-refractivity contribution < 1.29 is 13.6 Å². The fourth-order valence-corrected chi connectivity index (χ4v) is 15.6. The highest BCUT2D eigenvalue weighted by atomic mass is 28.4. The predicted molar refractivity (Wildman–Crippen MR) is 203 cm³/mol. The van der Waals surface area contributed by atoms with E-state index in [1.165, 1.54) is 29.6 Å². The molecule has 260 valence electrons. The van der Waals surface area contributed by atoms with Gasteiger partial charge in [0.15, 0.2) is 8.32 Å². The first kappa shape index (κ1) is 36.7. The van der Waals surface area contributed by atoms with Crippen molar-refractivity contribution >= 4 is 32.8 Å². The number of rotatable bonds is 9. The number of hydrogen-bond donors (Lipinski definition) is 0. The van der Waals surface area contributed by atoms with Crippen LogP contribution in [0.2, 0.25) is 23.2 Å². The topological polar surface area (TPSA) is 35.5 Å². The molecule has 0 radical (unpaired) electrons. The van der Waals surface area contributed by atoms with Gasteiger partial charge in [0.25, 0.3) is 8.32 Å². The van der Waals surface area contributed by atoms with E-state index in [4.69, 9.17) is 8.85 Å². The molecule has 0 bridgehead atoms. The second-order valence-electron chi connectivity index (χ2n) is 18.9. The van der Waals surface area contributed by atoms with Crippen molar-refractivity contribution in [1.82, 2.24) is 0 Å². The summed E-state index contributed by atoms with van der Waals surface area (Å²) in [6, 6.07) is 22.2. The fraction of sp³-hybridized carbons (Fsp3) is 0.690. The van der Waals surface area contributed by atoms with Crippen molar-refractivity contribution in [3.8, 4) is 0 Å². The van der Waals surface area contributed by atoms with E-state index in [-0.39, 0.29) is 20.9 Å². The number of Topliss-reactive ketones (excluding diaryl/α,β-unsaturated/α-hetero) is 1. The molecule has 0 spiro atoms. The number of ketones is 1. The zero-order valence-corrected chi connectivity index (χ0v) is 33.7. The Bertz CT molecular complexity index is 1320. The highest BCUT2D eigenvalue weighted by Gasteiger charge is 2.60. The summed E-state index contributed by atoms with van der Waals surface area (Å²) in [6.45, 7) is 28.1. The summed E-state index contributed by atoms with van der Waals surface area (Å²) in [4.78, 5) is 13.6. The van der Waals surface area contributed by atoms with Crippen molar-refractivity contribution in [3.63, 3.8) is 0 Å². The van der Waals surface area contributed by atoms with Gasteiger partial charge in [-0.15, -0.1) is 0 Å². The Morgan fingerprint density at radius 3 is 1.85 bits per heavy atom. The molecule has 7 atom stereocenters. The van der Waals surface area contributed by atoms with Crippen LogP contribution in [0.25, 0.3) is 0 Å². The molecule has 47 heavy (non-hydrogen) atoms. The summed E-state index contributed by atoms with van der Waals surface area (Å²) >= 11 is 0. The molecule has 3 aliphatic rings. The summed E-state index contributed by atoms with van der Waals surface area (Å²) in [6.07, 6.45) is 7.66. The SMILES string of the molecule is C[C@H]1CC[C@](C)([C@H]2CC[C@]3(C)C(=O)CC[C@H]3[C@@H]2CO[Si](c2ccccc2)(c2ccccc2)C(C)(C)C)[C@@H](CO[Si](C)(C)C(C)(C)C)C1. The predicted octanol–water partition coefficient (Wildman–Crippen LogP) is 10.0. The van der Waals surface area contributed by atoms with Gasteiger partial charge < -0.3 is 8.85 Å². The molecule has 2 aromatic rings. The molecule has 0 saturated heterocycles. The van der Waals surface area contributed by atoms with Crippen molar-refractivity contribution in [2.75, 3.05) is 13.2 Å². The van der Waals surface area contributed by atoms with Crippen molar-refractivity contribution in [3.05, 3.63) is 60.7 Å². The van der Waals surface area contributed by atoms with E-state index in [0.717, 1.165) is 44.8 Å². The summed E-state index contributed by atoms with van der Waals surface area (Å²) in [7, 11) is -4.60. The molecule has 0 amide bonds. The quantitative estimate of drug-likeness (QED) is 0.249. The Hall–Kier alpha value is -1.54. The maximum atomic E-state index is 13.6. The number of benzene rings is 2. The van der Waals surface area contributed by atoms with E-state index in [2.05, 4.69) is 136 Å². The Labute approximate surface area is 290 Å². The smallest absolute Gasteiger partial charge is 0.261 e. The largest absolute Gasteiger partial charge is 0.417 e. The first-order valence-corrected chi connectivity index (χ1v) is 23.6. The van der Waals surface area contributed by atoms with Crippen LogP contribution in [0.3, 0.4) is 0 Å². The van der Waals surface area contributed by atoms with Crippen LogP contribution < -0.4 is 10.4 Å². The molecule has 5 heteroatoms. The average Bonchev–Trinajstić information content (AvgIpc) is 3.31. The van der Waals surface area contributed by atoms with Crippen molar-refractivity contribution in [1.29, 1.82) is 0 Å². The second-order valence-corrected chi connectivity index (χ2v) is 28.0. The molecule has 0 aromatic heterocycles. The minimum absolute atomic E-state index is 0.0710. The molecular weight excluding hydrogens is 609 g/mol. The number of carbonyl (C=O) groups excluding carboxylic acids is 1. The Kier molecular flexibility index (Phi) is 10.4. The standard InChI is InChI=1S/C42H66O3Si2/c1-31-24-26-41(8,32(28-31)29-44-46(10,11)39(2,3)4)37-25-27-42(9)36(22-23-38(42)43)35(37)30-45-47(40(5,6)7,33-18-14-12-15-19-33)34-20-16-13-17-21-34/h12-21,31-32,35-37H,22-30H2,1-11H3/t31-,32+,35-,36-,37-,41-,42-/m0/s1.